The van der Waals surface area contributed by atoms with E-state index in [2.05, 4.69) is 39.8 Å². The van der Waals surface area contributed by atoms with E-state index >= 15 is 0 Å². The fraction of sp³-hybridized carbons (Fsp3) is 0.667. The van der Waals surface area contributed by atoms with Gasteiger partial charge in [0, 0.05) is 12.1 Å². The van der Waals surface area contributed by atoms with E-state index in [0.717, 1.165) is 31.4 Å². The number of allylic oxidation sites excluding steroid dienone is 1. The maximum absolute atomic E-state index is 12.0. The average Bonchev–Trinajstić information content (AvgIpc) is 2.57. The van der Waals surface area contributed by atoms with Crippen molar-refractivity contribution in [3.63, 3.8) is 0 Å². The van der Waals surface area contributed by atoms with Crippen LogP contribution in [0.1, 0.15) is 53.4 Å². The van der Waals surface area contributed by atoms with Crippen LogP contribution in [0.2, 0.25) is 0 Å². The van der Waals surface area contributed by atoms with E-state index in [1.54, 1.807) is 0 Å². The summed E-state index contributed by atoms with van der Waals surface area (Å²) in [6.07, 6.45) is 8.57. The molecule has 0 saturated carbocycles. The second-order valence-corrected chi connectivity index (χ2v) is 4.76. The van der Waals surface area contributed by atoms with Crippen molar-refractivity contribution in [3.05, 3.63) is 23.3 Å². The third-order valence-electron chi connectivity index (χ3n) is 3.11. The van der Waals surface area contributed by atoms with E-state index in [1.165, 1.54) is 12.0 Å². The van der Waals surface area contributed by atoms with Crippen molar-refractivity contribution in [1.82, 2.24) is 4.90 Å². The maximum Gasteiger partial charge on any atom is 0.250 e. The summed E-state index contributed by atoms with van der Waals surface area (Å²) in [4.78, 5) is 14.0. The first-order valence-corrected chi connectivity index (χ1v) is 6.87. The molecule has 0 spiro atoms. The van der Waals surface area contributed by atoms with Crippen LogP contribution in [0.4, 0.5) is 0 Å². The van der Waals surface area contributed by atoms with Crippen LogP contribution in [0, 0.1) is 0 Å². The Morgan fingerprint density at radius 1 is 1.35 bits per heavy atom. The van der Waals surface area contributed by atoms with Crippen molar-refractivity contribution >= 4 is 5.91 Å². The van der Waals surface area contributed by atoms with Crippen LogP contribution >= 0.6 is 0 Å². The summed E-state index contributed by atoms with van der Waals surface area (Å²) in [5, 5.41) is 0. The molecule has 2 heteroatoms. The van der Waals surface area contributed by atoms with Crippen molar-refractivity contribution in [3.8, 4) is 0 Å². The van der Waals surface area contributed by atoms with Gasteiger partial charge in [-0.05, 0) is 31.8 Å². The molecule has 1 heterocycles. The lowest BCUT2D eigenvalue weighted by molar-refractivity contribution is -0.126. The molecule has 2 rings (SSSR count). The Morgan fingerprint density at radius 3 is 2.53 bits per heavy atom. The topological polar surface area (TPSA) is 20.3 Å². The first-order chi connectivity index (χ1) is 8.17. The fourth-order valence-corrected chi connectivity index (χ4v) is 2.36. The van der Waals surface area contributed by atoms with Gasteiger partial charge in [-0.3, -0.25) is 4.79 Å². The molecule has 0 N–H and O–H groups in total. The maximum atomic E-state index is 12.0. The highest BCUT2D eigenvalue weighted by Gasteiger charge is 2.34. The number of amides is 1. The molecule has 17 heavy (non-hydrogen) atoms. The monoisotopic (exact) mass is 235 g/mol. The molecule has 0 saturated heterocycles. The predicted octanol–water partition coefficient (Wildman–Crippen LogP) is 3.69. The molecule has 0 bridgehead atoms. The highest BCUT2D eigenvalue weighted by atomic mass is 16.2. The summed E-state index contributed by atoms with van der Waals surface area (Å²) >= 11 is 0. The first-order valence-electron chi connectivity index (χ1n) is 6.87. The molecule has 1 amide bonds. The van der Waals surface area contributed by atoms with Crippen LogP contribution in [0.15, 0.2) is 23.3 Å². The summed E-state index contributed by atoms with van der Waals surface area (Å²) in [5.41, 5.74) is 2.32. The van der Waals surface area contributed by atoms with E-state index < -0.39 is 0 Å². The van der Waals surface area contributed by atoms with Gasteiger partial charge in [-0.15, -0.1) is 0 Å². The molecule has 0 aromatic heterocycles. The van der Waals surface area contributed by atoms with Crippen molar-refractivity contribution < 1.29 is 4.79 Å². The molecule has 1 atom stereocenters. The SMILES string of the molecule is CCC.CCCN1C(=O)C2=C(C=CCC2)C1C. The van der Waals surface area contributed by atoms with Gasteiger partial charge in [0.2, 0.25) is 0 Å². The third-order valence-corrected chi connectivity index (χ3v) is 3.11. The normalized spacial score (nSPS) is 22.5. The van der Waals surface area contributed by atoms with Crippen LogP contribution in [-0.4, -0.2) is 23.4 Å². The Bertz CT molecular complexity index is 328. The molecule has 2 nitrogen and oxygen atoms in total. The minimum Gasteiger partial charge on any atom is -0.332 e. The molecule has 1 aliphatic carbocycles. The van der Waals surface area contributed by atoms with E-state index in [-0.39, 0.29) is 5.91 Å². The predicted molar refractivity (Wildman–Crippen MR) is 72.8 cm³/mol. The minimum absolute atomic E-state index is 0.277. The molecular formula is C15H25NO. The summed E-state index contributed by atoms with van der Waals surface area (Å²) in [5.74, 6) is 0.277. The second kappa shape index (κ2) is 6.63. The van der Waals surface area contributed by atoms with Crippen molar-refractivity contribution in [2.75, 3.05) is 6.54 Å². The highest BCUT2D eigenvalue weighted by Crippen LogP contribution is 2.32. The zero-order valence-electron chi connectivity index (χ0n) is 11.6. The molecule has 1 unspecified atom stereocenters. The first kappa shape index (κ1) is 14.0. The molecule has 96 valence electrons. The van der Waals surface area contributed by atoms with Gasteiger partial charge >= 0.3 is 0 Å². The van der Waals surface area contributed by atoms with Crippen molar-refractivity contribution in [1.29, 1.82) is 0 Å². The molecule has 1 aliphatic heterocycles. The lowest BCUT2D eigenvalue weighted by atomic mass is 9.97. The van der Waals surface area contributed by atoms with Gasteiger partial charge in [0.05, 0.1) is 6.04 Å². The quantitative estimate of drug-likeness (QED) is 0.715. The largest absolute Gasteiger partial charge is 0.332 e. The van der Waals surface area contributed by atoms with Crippen LogP contribution in [-0.2, 0) is 4.79 Å². The van der Waals surface area contributed by atoms with E-state index in [1.807, 2.05) is 4.90 Å². The van der Waals surface area contributed by atoms with Gasteiger partial charge in [0.25, 0.3) is 5.91 Å². The van der Waals surface area contributed by atoms with Gasteiger partial charge in [-0.1, -0.05) is 39.3 Å². The van der Waals surface area contributed by atoms with Gasteiger partial charge in [-0.25, -0.2) is 0 Å². The minimum atomic E-state index is 0.277. The summed E-state index contributed by atoms with van der Waals surface area (Å²) in [6, 6.07) is 0.300. The fourth-order valence-electron chi connectivity index (χ4n) is 2.36. The number of rotatable bonds is 2. The summed E-state index contributed by atoms with van der Waals surface area (Å²) in [6.45, 7) is 9.39. The standard InChI is InChI=1S/C12H17NO.C3H8/c1-3-8-13-9(2)10-6-4-5-7-11(10)12(13)14;1-3-2/h4,6,9H,3,5,7-8H2,1-2H3;3H2,1-2H3. The Kier molecular flexibility index (Phi) is 5.46. The Balaban J connectivity index is 0.000000437. The van der Waals surface area contributed by atoms with E-state index in [4.69, 9.17) is 0 Å². The highest BCUT2D eigenvalue weighted by molar-refractivity contribution is 5.98. The van der Waals surface area contributed by atoms with Crippen LogP contribution in [0.25, 0.3) is 0 Å². The number of hydrogen-bond acceptors (Lipinski definition) is 1. The lowest BCUT2D eigenvalue weighted by Crippen LogP contribution is -2.34. The Morgan fingerprint density at radius 2 is 2.00 bits per heavy atom. The Hall–Kier alpha value is -1.05. The van der Waals surface area contributed by atoms with Gasteiger partial charge in [0.1, 0.15) is 0 Å². The van der Waals surface area contributed by atoms with Gasteiger partial charge < -0.3 is 4.90 Å². The van der Waals surface area contributed by atoms with Crippen molar-refractivity contribution in [2.24, 2.45) is 0 Å². The molecule has 0 fully saturated rings. The molecular weight excluding hydrogens is 210 g/mol. The van der Waals surface area contributed by atoms with Gasteiger partial charge in [-0.2, -0.15) is 0 Å². The van der Waals surface area contributed by atoms with Crippen molar-refractivity contribution in [2.45, 2.75) is 59.4 Å². The molecule has 0 aromatic rings. The number of carbonyl (C=O) groups is 1. The zero-order chi connectivity index (χ0) is 12.8. The summed E-state index contributed by atoms with van der Waals surface area (Å²) < 4.78 is 0. The number of nitrogens with zero attached hydrogens (tertiary/aromatic N) is 1. The summed E-state index contributed by atoms with van der Waals surface area (Å²) in [7, 11) is 0. The third kappa shape index (κ3) is 2.99. The van der Waals surface area contributed by atoms with E-state index in [9.17, 15) is 4.79 Å². The molecule has 2 aliphatic rings. The molecule has 0 radical (unpaired) electrons. The second-order valence-electron chi connectivity index (χ2n) is 4.76. The molecule has 0 aromatic carbocycles. The number of hydrogen-bond donors (Lipinski definition) is 0. The average molecular weight is 235 g/mol. The zero-order valence-corrected chi connectivity index (χ0v) is 11.6. The van der Waals surface area contributed by atoms with Crippen LogP contribution < -0.4 is 0 Å². The lowest BCUT2D eigenvalue weighted by Gasteiger charge is -2.22. The Labute approximate surface area is 105 Å². The smallest absolute Gasteiger partial charge is 0.250 e. The van der Waals surface area contributed by atoms with E-state index in [0.29, 0.717) is 6.04 Å². The van der Waals surface area contributed by atoms with Crippen LogP contribution in [0.3, 0.4) is 0 Å². The number of carbonyl (C=O) groups excluding carboxylic acids is 1. The van der Waals surface area contributed by atoms with Gasteiger partial charge in [0.15, 0.2) is 0 Å². The van der Waals surface area contributed by atoms with Crippen LogP contribution in [0.5, 0.6) is 0 Å².